The molecule has 4 aromatic carbocycles. The van der Waals surface area contributed by atoms with Crippen molar-refractivity contribution < 1.29 is 18.8 Å². The Kier molecular flexibility index (Phi) is 4.84. The minimum absolute atomic E-state index is 0.223. The largest absolute Gasteiger partial charge is 0.306 e. The van der Waals surface area contributed by atoms with E-state index in [1.165, 1.54) is 17.0 Å². The molecule has 0 saturated carbocycles. The van der Waals surface area contributed by atoms with Crippen LogP contribution in [-0.4, -0.2) is 23.8 Å². The van der Waals surface area contributed by atoms with Crippen LogP contribution in [-0.2, 0) is 26.5 Å². The van der Waals surface area contributed by atoms with E-state index < -0.39 is 23.4 Å². The summed E-state index contributed by atoms with van der Waals surface area (Å²) in [4.78, 5) is 45.5. The smallest absolute Gasteiger partial charge is 0.253 e. The number of imide groups is 1. The van der Waals surface area contributed by atoms with E-state index in [2.05, 4.69) is 5.32 Å². The fourth-order valence-electron chi connectivity index (χ4n) is 6.68. The number of halogens is 1. The second-order valence-electron chi connectivity index (χ2n) is 10.3. The summed E-state index contributed by atoms with van der Waals surface area (Å²) < 4.78 is 13.5. The van der Waals surface area contributed by atoms with Gasteiger partial charge in [-0.3, -0.25) is 19.7 Å². The summed E-state index contributed by atoms with van der Waals surface area (Å²) in [6, 6.07) is 26.2. The molecule has 38 heavy (non-hydrogen) atoms. The Balaban J connectivity index is 1.35. The van der Waals surface area contributed by atoms with E-state index >= 15 is 0 Å². The first-order valence-corrected chi connectivity index (χ1v) is 12.7. The van der Waals surface area contributed by atoms with Crippen LogP contribution in [0, 0.1) is 17.7 Å². The van der Waals surface area contributed by atoms with E-state index in [-0.39, 0.29) is 30.1 Å². The van der Waals surface area contributed by atoms with Crippen molar-refractivity contribution in [2.24, 2.45) is 11.8 Å². The van der Waals surface area contributed by atoms with Crippen LogP contribution in [0.15, 0.2) is 91.0 Å². The van der Waals surface area contributed by atoms with Gasteiger partial charge in [0.2, 0.25) is 11.8 Å². The van der Waals surface area contributed by atoms with Crippen molar-refractivity contribution in [3.8, 4) is 0 Å². The minimum atomic E-state index is -1.37. The van der Waals surface area contributed by atoms with Crippen molar-refractivity contribution in [2.45, 2.75) is 25.0 Å². The summed E-state index contributed by atoms with van der Waals surface area (Å²) >= 11 is 0. The SMILES string of the molecule is C[C@@H]1N[C@]2(C(=O)N(Cc3ccc(F)cc3)c3ccccc32)[C@H]2C(=O)N(c3cccc4ccccc34)C(=O)[C@@H]12. The standard InChI is InChI=1S/C31H24FN3O3/c1-18-26-27(29(37)35(28(26)36)24-12-6-8-20-7-2-3-9-22(20)24)31(33-18)23-10-4-5-11-25(23)34(30(31)38)17-19-13-15-21(32)16-14-19/h2-16,18,26-27,33H,17H2,1H3/t18-,26-,27+,31-/m0/s1. The van der Waals surface area contributed by atoms with Crippen LogP contribution in [0.4, 0.5) is 15.8 Å². The van der Waals surface area contributed by atoms with E-state index in [1.54, 1.807) is 23.1 Å². The van der Waals surface area contributed by atoms with Crippen LogP contribution in [0.25, 0.3) is 10.8 Å². The molecule has 3 aliphatic rings. The third kappa shape index (κ3) is 2.93. The molecule has 4 atom stereocenters. The van der Waals surface area contributed by atoms with Gasteiger partial charge in [-0.05, 0) is 42.1 Å². The number of hydrogen-bond donors (Lipinski definition) is 1. The van der Waals surface area contributed by atoms with Gasteiger partial charge >= 0.3 is 0 Å². The molecule has 1 N–H and O–H groups in total. The second kappa shape index (κ2) is 8.07. The zero-order valence-electron chi connectivity index (χ0n) is 20.6. The van der Waals surface area contributed by atoms with Crippen molar-refractivity contribution in [1.29, 1.82) is 0 Å². The van der Waals surface area contributed by atoms with Crippen molar-refractivity contribution in [2.75, 3.05) is 9.80 Å². The zero-order valence-corrected chi connectivity index (χ0v) is 20.6. The number of para-hydroxylation sites is 1. The van der Waals surface area contributed by atoms with Crippen LogP contribution in [0.5, 0.6) is 0 Å². The highest BCUT2D eigenvalue weighted by atomic mass is 19.1. The van der Waals surface area contributed by atoms with Crippen LogP contribution in [0.2, 0.25) is 0 Å². The molecule has 3 heterocycles. The van der Waals surface area contributed by atoms with Crippen LogP contribution >= 0.6 is 0 Å². The molecule has 0 radical (unpaired) electrons. The maximum Gasteiger partial charge on any atom is 0.253 e. The quantitative estimate of drug-likeness (QED) is 0.416. The molecule has 3 aliphatic heterocycles. The summed E-state index contributed by atoms with van der Waals surface area (Å²) in [5, 5.41) is 5.15. The van der Waals surface area contributed by atoms with Gasteiger partial charge in [-0.2, -0.15) is 0 Å². The number of benzene rings is 4. The Morgan fingerprint density at radius 2 is 1.50 bits per heavy atom. The van der Waals surface area contributed by atoms with Crippen LogP contribution in [0.3, 0.4) is 0 Å². The van der Waals surface area contributed by atoms with Gasteiger partial charge in [0.15, 0.2) is 0 Å². The Morgan fingerprint density at radius 3 is 2.32 bits per heavy atom. The van der Waals surface area contributed by atoms with Crippen molar-refractivity contribution in [1.82, 2.24) is 5.32 Å². The van der Waals surface area contributed by atoms with Crippen molar-refractivity contribution in [3.05, 3.63) is 108 Å². The van der Waals surface area contributed by atoms with Crippen molar-refractivity contribution >= 4 is 39.9 Å². The summed E-state index contributed by atoms with van der Waals surface area (Å²) in [5.74, 6) is -2.88. The van der Waals surface area contributed by atoms with Crippen LogP contribution in [0.1, 0.15) is 18.1 Å². The molecule has 0 unspecified atom stereocenters. The number of carbonyl (C=O) groups excluding carboxylic acids is 3. The molecule has 2 fully saturated rings. The first-order chi connectivity index (χ1) is 18.4. The Hall–Kier alpha value is -4.36. The van der Waals surface area contributed by atoms with Gasteiger partial charge < -0.3 is 4.90 Å². The Labute approximate surface area is 218 Å². The van der Waals surface area contributed by atoms with E-state index in [1.807, 2.05) is 67.6 Å². The van der Waals surface area contributed by atoms with E-state index in [9.17, 15) is 18.8 Å². The van der Waals surface area contributed by atoms with Gasteiger partial charge in [-0.1, -0.05) is 66.7 Å². The number of amides is 3. The van der Waals surface area contributed by atoms with E-state index in [4.69, 9.17) is 0 Å². The molecule has 4 aromatic rings. The molecule has 0 bridgehead atoms. The zero-order chi connectivity index (χ0) is 26.2. The molecule has 7 rings (SSSR count). The average Bonchev–Trinajstić information content (AvgIpc) is 3.48. The lowest BCUT2D eigenvalue weighted by atomic mass is 9.76. The number of anilines is 2. The average molecular weight is 506 g/mol. The highest BCUT2D eigenvalue weighted by molar-refractivity contribution is 6.28. The number of hydrogen-bond acceptors (Lipinski definition) is 4. The molecular formula is C31H24FN3O3. The third-order valence-electron chi connectivity index (χ3n) is 8.28. The number of nitrogens with one attached hydrogen (secondary N) is 1. The Bertz CT molecular complexity index is 1650. The summed E-state index contributed by atoms with van der Waals surface area (Å²) in [5.41, 5.74) is 1.31. The number of nitrogens with zero attached hydrogens (tertiary/aromatic N) is 2. The first-order valence-electron chi connectivity index (χ1n) is 12.7. The predicted molar refractivity (Wildman–Crippen MR) is 142 cm³/mol. The minimum Gasteiger partial charge on any atom is -0.306 e. The molecule has 1 spiro atoms. The van der Waals surface area contributed by atoms with Crippen molar-refractivity contribution in [3.63, 3.8) is 0 Å². The van der Waals surface area contributed by atoms with Gasteiger partial charge in [-0.15, -0.1) is 0 Å². The number of carbonyl (C=O) groups is 3. The first kappa shape index (κ1) is 22.8. The maximum absolute atomic E-state index is 14.4. The molecule has 188 valence electrons. The highest BCUT2D eigenvalue weighted by Crippen LogP contribution is 2.55. The topological polar surface area (TPSA) is 69.7 Å². The van der Waals surface area contributed by atoms with Gasteiger partial charge in [-0.25, -0.2) is 9.29 Å². The summed E-state index contributed by atoms with van der Waals surface area (Å²) in [6.45, 7) is 2.09. The molecule has 6 nitrogen and oxygen atoms in total. The summed E-state index contributed by atoms with van der Waals surface area (Å²) in [6.07, 6.45) is 0. The summed E-state index contributed by atoms with van der Waals surface area (Å²) in [7, 11) is 0. The highest BCUT2D eigenvalue weighted by Gasteiger charge is 2.71. The fraction of sp³-hybridized carbons (Fsp3) is 0.194. The molecule has 0 aliphatic carbocycles. The molecule has 0 aromatic heterocycles. The maximum atomic E-state index is 14.4. The van der Waals surface area contributed by atoms with Gasteiger partial charge in [0.1, 0.15) is 11.4 Å². The third-order valence-corrected chi connectivity index (χ3v) is 8.28. The molecule has 7 heteroatoms. The lowest BCUT2D eigenvalue weighted by Gasteiger charge is -2.30. The lowest BCUT2D eigenvalue weighted by molar-refractivity contribution is -0.132. The fourth-order valence-corrected chi connectivity index (χ4v) is 6.68. The number of fused-ring (bicyclic) bond motifs is 5. The van der Waals surface area contributed by atoms with E-state index in [0.717, 1.165) is 16.3 Å². The number of rotatable bonds is 3. The molecular weight excluding hydrogens is 481 g/mol. The monoisotopic (exact) mass is 505 g/mol. The van der Waals surface area contributed by atoms with Gasteiger partial charge in [0, 0.05) is 22.7 Å². The second-order valence-corrected chi connectivity index (χ2v) is 10.3. The Morgan fingerprint density at radius 1 is 0.816 bits per heavy atom. The molecule has 3 amide bonds. The van der Waals surface area contributed by atoms with E-state index in [0.29, 0.717) is 16.9 Å². The normalized spacial score (nSPS) is 26.1. The van der Waals surface area contributed by atoms with Crippen LogP contribution < -0.4 is 15.1 Å². The molecule has 2 saturated heterocycles. The predicted octanol–water partition coefficient (Wildman–Crippen LogP) is 4.52. The van der Waals surface area contributed by atoms with Gasteiger partial charge in [0.05, 0.1) is 24.1 Å². The lowest BCUT2D eigenvalue weighted by Crippen LogP contribution is -2.54. The van der Waals surface area contributed by atoms with Gasteiger partial charge in [0.25, 0.3) is 5.91 Å².